The van der Waals surface area contributed by atoms with Crippen molar-refractivity contribution < 1.29 is 18.0 Å². The van der Waals surface area contributed by atoms with Crippen molar-refractivity contribution in [2.75, 3.05) is 0 Å². The number of carbonyl (C=O) groups excluding carboxylic acids is 1. The third-order valence-corrected chi connectivity index (χ3v) is 2.80. The van der Waals surface area contributed by atoms with E-state index < -0.39 is 27.6 Å². The van der Waals surface area contributed by atoms with E-state index in [9.17, 15) is 18.0 Å². The first kappa shape index (κ1) is 16.4. The first-order chi connectivity index (χ1) is 8.51. The van der Waals surface area contributed by atoms with Crippen LogP contribution in [0, 0.1) is 0 Å². The van der Waals surface area contributed by atoms with Crippen LogP contribution in [0.5, 0.6) is 0 Å². The summed E-state index contributed by atoms with van der Waals surface area (Å²) in [6.45, 7) is 0. The zero-order valence-corrected chi connectivity index (χ0v) is 11.4. The highest BCUT2D eigenvalue weighted by atomic mass is 35.6. The molecule has 1 amide bonds. The molecule has 0 aliphatic rings. The average Bonchev–Trinajstić information content (AvgIpc) is 2.26. The Morgan fingerprint density at radius 2 is 1.84 bits per heavy atom. The largest absolute Gasteiger partial charge is 0.416 e. The van der Waals surface area contributed by atoms with Gasteiger partial charge in [0.05, 0.1) is 5.56 Å². The molecular weight excluding hydrogens is 327 g/mol. The summed E-state index contributed by atoms with van der Waals surface area (Å²) in [4.78, 5) is 11.6. The van der Waals surface area contributed by atoms with Gasteiger partial charge >= 0.3 is 6.18 Å². The molecule has 0 heterocycles. The van der Waals surface area contributed by atoms with Crippen LogP contribution in [0.25, 0.3) is 0 Å². The van der Waals surface area contributed by atoms with Gasteiger partial charge in [0.25, 0.3) is 5.91 Å². The predicted molar refractivity (Wildman–Crippen MR) is 67.2 cm³/mol. The van der Waals surface area contributed by atoms with Crippen molar-refractivity contribution >= 4 is 40.7 Å². The molecule has 106 valence electrons. The fourth-order valence-electron chi connectivity index (χ4n) is 1.14. The molecule has 9 heteroatoms. The van der Waals surface area contributed by atoms with E-state index in [-0.39, 0.29) is 5.56 Å². The minimum absolute atomic E-state index is 0.237. The zero-order valence-electron chi connectivity index (χ0n) is 9.14. The SMILES string of the molecule is NC(NC(=O)c1cccc(C(F)(F)F)c1)C(Cl)(Cl)Cl. The molecular formula is C10H8Cl3F3N2O. The molecule has 1 aromatic carbocycles. The summed E-state index contributed by atoms with van der Waals surface area (Å²) in [7, 11) is 0. The fourth-order valence-corrected chi connectivity index (χ4v) is 1.31. The summed E-state index contributed by atoms with van der Waals surface area (Å²) >= 11 is 16.3. The van der Waals surface area contributed by atoms with Crippen LogP contribution in [0.15, 0.2) is 24.3 Å². The summed E-state index contributed by atoms with van der Waals surface area (Å²) in [5.74, 6) is -0.870. The predicted octanol–water partition coefficient (Wildman–Crippen LogP) is 3.09. The Bertz CT molecular complexity index is 474. The number of amides is 1. The molecule has 0 spiro atoms. The van der Waals surface area contributed by atoms with Crippen LogP contribution < -0.4 is 11.1 Å². The van der Waals surface area contributed by atoms with Crippen LogP contribution in [0.3, 0.4) is 0 Å². The van der Waals surface area contributed by atoms with Crippen LogP contribution >= 0.6 is 34.8 Å². The van der Waals surface area contributed by atoms with Gasteiger partial charge in [0.15, 0.2) is 0 Å². The molecule has 3 N–H and O–H groups in total. The molecule has 0 saturated carbocycles. The van der Waals surface area contributed by atoms with E-state index in [2.05, 4.69) is 5.32 Å². The first-order valence-electron chi connectivity index (χ1n) is 4.82. The molecule has 1 atom stereocenters. The molecule has 0 radical (unpaired) electrons. The molecule has 19 heavy (non-hydrogen) atoms. The Labute approximate surface area is 121 Å². The third kappa shape index (κ3) is 4.72. The van der Waals surface area contributed by atoms with Gasteiger partial charge in [-0.3, -0.25) is 4.79 Å². The quantitative estimate of drug-likeness (QED) is 0.644. The minimum Gasteiger partial charge on any atom is -0.333 e. The lowest BCUT2D eigenvalue weighted by atomic mass is 10.1. The number of carbonyl (C=O) groups is 1. The lowest BCUT2D eigenvalue weighted by Gasteiger charge is -2.21. The van der Waals surface area contributed by atoms with Gasteiger partial charge in [0.2, 0.25) is 3.79 Å². The van der Waals surface area contributed by atoms with Crippen molar-refractivity contribution in [1.29, 1.82) is 0 Å². The Kier molecular flexibility index (Phi) is 4.95. The molecule has 0 fully saturated rings. The number of hydrogen-bond acceptors (Lipinski definition) is 2. The van der Waals surface area contributed by atoms with Crippen molar-refractivity contribution in [1.82, 2.24) is 5.32 Å². The zero-order chi connectivity index (χ0) is 14.8. The lowest BCUT2D eigenvalue weighted by molar-refractivity contribution is -0.137. The Balaban J connectivity index is 2.90. The monoisotopic (exact) mass is 334 g/mol. The van der Waals surface area contributed by atoms with Crippen LogP contribution in [0.1, 0.15) is 15.9 Å². The molecule has 3 nitrogen and oxygen atoms in total. The van der Waals surface area contributed by atoms with E-state index in [0.717, 1.165) is 12.1 Å². The smallest absolute Gasteiger partial charge is 0.333 e. The maximum absolute atomic E-state index is 12.5. The Morgan fingerprint density at radius 1 is 1.26 bits per heavy atom. The van der Waals surface area contributed by atoms with Gasteiger partial charge in [-0.25, -0.2) is 0 Å². The van der Waals surface area contributed by atoms with Crippen LogP contribution in [-0.2, 0) is 6.18 Å². The van der Waals surface area contributed by atoms with Gasteiger partial charge in [0.1, 0.15) is 6.17 Å². The number of benzene rings is 1. The average molecular weight is 336 g/mol. The highest BCUT2D eigenvalue weighted by Gasteiger charge is 2.33. The van der Waals surface area contributed by atoms with Crippen LogP contribution in [0.4, 0.5) is 13.2 Å². The van der Waals surface area contributed by atoms with E-state index >= 15 is 0 Å². The van der Waals surface area contributed by atoms with Gasteiger partial charge in [-0.1, -0.05) is 40.9 Å². The fraction of sp³-hybridized carbons (Fsp3) is 0.300. The number of halogens is 6. The number of nitrogens with one attached hydrogen (secondary N) is 1. The third-order valence-electron chi connectivity index (χ3n) is 2.09. The first-order valence-corrected chi connectivity index (χ1v) is 5.95. The Morgan fingerprint density at radius 3 is 2.32 bits per heavy atom. The molecule has 0 bridgehead atoms. The summed E-state index contributed by atoms with van der Waals surface area (Å²) < 4.78 is 35.4. The topological polar surface area (TPSA) is 55.1 Å². The lowest BCUT2D eigenvalue weighted by Crippen LogP contribution is -2.50. The molecule has 0 aliphatic heterocycles. The molecule has 0 aromatic heterocycles. The summed E-state index contributed by atoms with van der Waals surface area (Å²) in [6.07, 6.45) is -5.90. The normalized spacial score (nSPS) is 14.1. The molecule has 1 unspecified atom stereocenters. The summed E-state index contributed by atoms with van der Waals surface area (Å²) in [5.41, 5.74) is 4.17. The maximum Gasteiger partial charge on any atom is 0.416 e. The molecule has 1 aromatic rings. The van der Waals surface area contributed by atoms with Crippen molar-refractivity contribution in [3.63, 3.8) is 0 Å². The van der Waals surface area contributed by atoms with Crippen molar-refractivity contribution in [3.8, 4) is 0 Å². The molecule has 1 rings (SSSR count). The van der Waals surface area contributed by atoms with Crippen LogP contribution in [0.2, 0.25) is 0 Å². The minimum atomic E-state index is -4.55. The van der Waals surface area contributed by atoms with Crippen molar-refractivity contribution in [2.24, 2.45) is 5.73 Å². The van der Waals surface area contributed by atoms with Gasteiger partial charge in [-0.15, -0.1) is 0 Å². The highest BCUT2D eigenvalue weighted by Crippen LogP contribution is 2.30. The maximum atomic E-state index is 12.5. The second-order valence-electron chi connectivity index (χ2n) is 3.57. The van der Waals surface area contributed by atoms with Gasteiger partial charge in [0, 0.05) is 5.56 Å². The highest BCUT2D eigenvalue weighted by molar-refractivity contribution is 6.68. The van der Waals surface area contributed by atoms with Crippen molar-refractivity contribution in [2.45, 2.75) is 16.1 Å². The number of hydrogen-bond donors (Lipinski definition) is 2. The van der Waals surface area contributed by atoms with E-state index in [1.54, 1.807) is 0 Å². The summed E-state index contributed by atoms with van der Waals surface area (Å²) in [6, 6.07) is 3.81. The van der Waals surface area contributed by atoms with E-state index in [4.69, 9.17) is 40.5 Å². The second kappa shape index (κ2) is 5.75. The van der Waals surface area contributed by atoms with Crippen molar-refractivity contribution in [3.05, 3.63) is 35.4 Å². The van der Waals surface area contributed by atoms with Gasteiger partial charge in [-0.05, 0) is 18.2 Å². The number of alkyl halides is 6. The second-order valence-corrected chi connectivity index (χ2v) is 5.94. The van der Waals surface area contributed by atoms with Gasteiger partial charge < -0.3 is 11.1 Å². The van der Waals surface area contributed by atoms with E-state index in [1.165, 1.54) is 6.07 Å². The van der Waals surface area contributed by atoms with Crippen LogP contribution in [-0.4, -0.2) is 15.9 Å². The number of nitrogens with two attached hydrogens (primary N) is 1. The summed E-state index contributed by atoms with van der Waals surface area (Å²) in [5, 5.41) is 2.09. The molecule has 0 aliphatic carbocycles. The van der Waals surface area contributed by atoms with E-state index in [0.29, 0.717) is 6.07 Å². The molecule has 0 saturated heterocycles. The standard InChI is InChI=1S/C10H8Cl3F3N2O/c11-9(12,13)8(17)18-7(19)5-2-1-3-6(4-5)10(14,15)16/h1-4,8H,17H2,(H,18,19). The Hall–Kier alpha value is -0.690. The van der Waals surface area contributed by atoms with Gasteiger partial charge in [-0.2, -0.15) is 13.2 Å². The number of rotatable bonds is 2. The van der Waals surface area contributed by atoms with E-state index in [1.807, 2.05) is 0 Å².